The van der Waals surface area contributed by atoms with Gasteiger partial charge in [-0.25, -0.2) is 4.98 Å². The lowest BCUT2D eigenvalue weighted by Crippen LogP contribution is -2.58. The minimum atomic E-state index is 0.507. The van der Waals surface area contributed by atoms with E-state index in [0.717, 1.165) is 19.1 Å². The van der Waals surface area contributed by atoms with E-state index in [1.807, 2.05) is 5.51 Å². The molecule has 110 valence electrons. The third kappa shape index (κ3) is 2.78. The molecule has 0 radical (unpaired) electrons. The van der Waals surface area contributed by atoms with Gasteiger partial charge in [-0.15, -0.1) is 23.1 Å². The van der Waals surface area contributed by atoms with Crippen molar-refractivity contribution in [2.75, 3.05) is 25.4 Å². The van der Waals surface area contributed by atoms with Crippen molar-refractivity contribution < 1.29 is 4.74 Å². The number of ether oxygens (including phenoxy) is 1. The van der Waals surface area contributed by atoms with Crippen LogP contribution in [0.1, 0.15) is 29.8 Å². The Morgan fingerprint density at radius 2 is 2.30 bits per heavy atom. The van der Waals surface area contributed by atoms with Crippen molar-refractivity contribution in [1.82, 2.24) is 9.88 Å². The van der Waals surface area contributed by atoms with Gasteiger partial charge in [-0.05, 0) is 32.1 Å². The first-order valence-electron chi connectivity index (χ1n) is 7.59. The maximum Gasteiger partial charge on any atom is 0.0798 e. The fourth-order valence-electron chi connectivity index (χ4n) is 3.25. The van der Waals surface area contributed by atoms with Gasteiger partial charge < -0.3 is 4.74 Å². The molecule has 2 aliphatic heterocycles. The maximum absolute atomic E-state index is 6.07. The molecule has 4 rings (SSSR count). The molecule has 0 amide bonds. The van der Waals surface area contributed by atoms with E-state index in [9.17, 15) is 0 Å². The van der Waals surface area contributed by atoms with Crippen molar-refractivity contribution in [3.05, 3.63) is 16.1 Å². The molecule has 3 fully saturated rings. The molecule has 1 aliphatic carbocycles. The summed E-state index contributed by atoms with van der Waals surface area (Å²) in [5.41, 5.74) is 3.17. The summed E-state index contributed by atoms with van der Waals surface area (Å²) in [6.45, 7) is 6.70. The van der Waals surface area contributed by atoms with Crippen molar-refractivity contribution >= 4 is 23.1 Å². The van der Waals surface area contributed by atoms with Crippen LogP contribution in [-0.2, 0) is 11.3 Å². The van der Waals surface area contributed by atoms with Crippen molar-refractivity contribution in [1.29, 1.82) is 0 Å². The van der Waals surface area contributed by atoms with Crippen molar-refractivity contribution in [2.24, 2.45) is 5.92 Å². The molecule has 3 aliphatic rings. The van der Waals surface area contributed by atoms with Crippen LogP contribution in [0.4, 0.5) is 0 Å². The molecule has 1 saturated carbocycles. The summed E-state index contributed by atoms with van der Waals surface area (Å²) in [7, 11) is 0. The average molecular weight is 310 g/mol. The highest BCUT2D eigenvalue weighted by Gasteiger charge is 2.49. The van der Waals surface area contributed by atoms with Gasteiger partial charge in [0.1, 0.15) is 0 Å². The molecule has 3 heterocycles. The van der Waals surface area contributed by atoms with E-state index in [-0.39, 0.29) is 0 Å². The molecular formula is C15H22N2OS2. The normalized spacial score (nSPS) is 28.9. The lowest BCUT2D eigenvalue weighted by Gasteiger charge is -2.47. The summed E-state index contributed by atoms with van der Waals surface area (Å²) in [6, 6.07) is 0. The van der Waals surface area contributed by atoms with Crippen LogP contribution in [0.15, 0.2) is 5.51 Å². The Labute approximate surface area is 129 Å². The number of nitrogens with zero attached hydrogens (tertiary/aromatic N) is 2. The Hall–Kier alpha value is -0.100. The second kappa shape index (κ2) is 5.27. The van der Waals surface area contributed by atoms with Gasteiger partial charge in [0.25, 0.3) is 0 Å². The Morgan fingerprint density at radius 1 is 1.45 bits per heavy atom. The highest BCUT2D eigenvalue weighted by atomic mass is 32.2. The Balaban J connectivity index is 1.24. The van der Waals surface area contributed by atoms with Crippen molar-refractivity contribution in [3.63, 3.8) is 0 Å². The lowest BCUT2D eigenvalue weighted by atomic mass is 9.93. The van der Waals surface area contributed by atoms with Gasteiger partial charge in [-0.1, -0.05) is 0 Å². The van der Waals surface area contributed by atoms with E-state index >= 15 is 0 Å². The fourth-order valence-corrected chi connectivity index (χ4v) is 5.67. The SMILES string of the molecule is Cc1ncsc1CN1CC2(C[C@@H](OCC3CC3)CS2)C1. The fraction of sp³-hybridized carbons (Fsp3) is 0.800. The third-order valence-corrected chi connectivity index (χ3v) is 7.17. The number of hydrogen-bond acceptors (Lipinski definition) is 5. The predicted molar refractivity (Wildman–Crippen MR) is 84.4 cm³/mol. The standard InChI is InChI=1S/C15H22N2OS2/c1-11-14(19-10-16-11)5-17-8-15(9-17)4-13(7-20-15)18-6-12-2-3-12/h10,12-13H,2-9H2,1H3/t13-/m1/s1. The Bertz CT molecular complexity index is 480. The van der Waals surface area contributed by atoms with Gasteiger partial charge in [-0.2, -0.15) is 0 Å². The van der Waals surface area contributed by atoms with Crippen LogP contribution in [0.25, 0.3) is 0 Å². The summed E-state index contributed by atoms with van der Waals surface area (Å²) in [5, 5.41) is 0. The number of thioether (sulfide) groups is 1. The summed E-state index contributed by atoms with van der Waals surface area (Å²) >= 11 is 3.95. The van der Waals surface area contributed by atoms with E-state index in [1.54, 1.807) is 11.3 Å². The molecule has 0 bridgehead atoms. The monoisotopic (exact) mass is 310 g/mol. The van der Waals surface area contributed by atoms with Gasteiger partial charge in [-0.3, -0.25) is 4.90 Å². The molecule has 1 spiro atoms. The van der Waals surface area contributed by atoms with Gasteiger partial charge >= 0.3 is 0 Å². The smallest absolute Gasteiger partial charge is 0.0798 e. The van der Waals surface area contributed by atoms with Crippen LogP contribution in [0.5, 0.6) is 0 Å². The number of aromatic nitrogens is 1. The van der Waals surface area contributed by atoms with E-state index in [4.69, 9.17) is 4.74 Å². The first-order chi connectivity index (χ1) is 9.72. The highest BCUT2D eigenvalue weighted by molar-refractivity contribution is 8.01. The summed E-state index contributed by atoms with van der Waals surface area (Å²) < 4.78 is 6.58. The number of aryl methyl sites for hydroxylation is 1. The van der Waals surface area contributed by atoms with Gasteiger partial charge in [0, 0.05) is 41.6 Å². The maximum atomic E-state index is 6.07. The molecule has 2 saturated heterocycles. The second-order valence-electron chi connectivity index (χ2n) is 6.60. The summed E-state index contributed by atoms with van der Waals surface area (Å²) in [4.78, 5) is 8.34. The van der Waals surface area contributed by atoms with Crippen LogP contribution < -0.4 is 0 Å². The van der Waals surface area contributed by atoms with Crippen LogP contribution >= 0.6 is 23.1 Å². The zero-order valence-corrected chi connectivity index (χ0v) is 13.6. The van der Waals surface area contributed by atoms with E-state index in [2.05, 4.69) is 28.6 Å². The molecule has 1 atom stereocenters. The topological polar surface area (TPSA) is 25.4 Å². The Morgan fingerprint density at radius 3 is 3.00 bits per heavy atom. The quantitative estimate of drug-likeness (QED) is 0.835. The molecule has 0 aromatic carbocycles. The van der Waals surface area contributed by atoms with Gasteiger partial charge in [0.15, 0.2) is 0 Å². The molecule has 3 nitrogen and oxygen atoms in total. The van der Waals surface area contributed by atoms with Gasteiger partial charge in [0.2, 0.25) is 0 Å². The number of likely N-dealkylation sites (tertiary alicyclic amines) is 1. The van der Waals surface area contributed by atoms with Crippen LogP contribution in [-0.4, -0.2) is 46.2 Å². The van der Waals surface area contributed by atoms with Crippen LogP contribution in [0.2, 0.25) is 0 Å². The molecular weight excluding hydrogens is 288 g/mol. The van der Waals surface area contributed by atoms with E-state index < -0.39 is 0 Å². The predicted octanol–water partition coefficient (Wildman–Crippen LogP) is 2.94. The van der Waals surface area contributed by atoms with Gasteiger partial charge in [0.05, 0.1) is 17.3 Å². The summed E-state index contributed by atoms with van der Waals surface area (Å²) in [5.74, 6) is 2.10. The summed E-state index contributed by atoms with van der Waals surface area (Å²) in [6.07, 6.45) is 4.58. The lowest BCUT2D eigenvalue weighted by molar-refractivity contribution is 0.0307. The van der Waals surface area contributed by atoms with E-state index in [0.29, 0.717) is 10.9 Å². The minimum Gasteiger partial charge on any atom is -0.377 e. The third-order valence-electron chi connectivity index (χ3n) is 4.68. The molecule has 1 aromatic rings. The zero-order valence-electron chi connectivity index (χ0n) is 12.0. The molecule has 20 heavy (non-hydrogen) atoms. The van der Waals surface area contributed by atoms with Crippen molar-refractivity contribution in [3.8, 4) is 0 Å². The molecule has 1 aromatic heterocycles. The highest BCUT2D eigenvalue weighted by Crippen LogP contribution is 2.47. The first kappa shape index (κ1) is 13.6. The van der Waals surface area contributed by atoms with Crippen molar-refractivity contribution in [2.45, 2.75) is 43.6 Å². The van der Waals surface area contributed by atoms with E-state index in [1.165, 1.54) is 48.7 Å². The minimum absolute atomic E-state index is 0.507. The molecule has 5 heteroatoms. The van der Waals surface area contributed by atoms with Crippen LogP contribution in [0, 0.1) is 12.8 Å². The zero-order chi connectivity index (χ0) is 13.6. The number of rotatable bonds is 5. The number of hydrogen-bond donors (Lipinski definition) is 0. The van der Waals surface area contributed by atoms with Crippen LogP contribution in [0.3, 0.4) is 0 Å². The number of thiazole rings is 1. The average Bonchev–Trinajstić information content (AvgIpc) is 3.00. The largest absolute Gasteiger partial charge is 0.377 e. The first-order valence-corrected chi connectivity index (χ1v) is 9.46. The second-order valence-corrected chi connectivity index (χ2v) is 9.03. The Kier molecular flexibility index (Phi) is 3.57. The molecule has 0 N–H and O–H groups in total. The molecule has 0 unspecified atom stereocenters.